The van der Waals surface area contributed by atoms with E-state index in [1.54, 1.807) is 24.3 Å². The Morgan fingerprint density at radius 3 is 2.32 bits per heavy atom. The van der Waals surface area contributed by atoms with Crippen molar-refractivity contribution in [2.75, 3.05) is 5.32 Å². The van der Waals surface area contributed by atoms with Crippen LogP contribution < -0.4 is 5.32 Å². The van der Waals surface area contributed by atoms with Crippen LogP contribution in [-0.4, -0.2) is 0 Å². The summed E-state index contributed by atoms with van der Waals surface area (Å²) in [7, 11) is 0. The fraction of sp³-hybridized carbons (Fsp3) is 0.143. The molecule has 1 N–H and O–H groups in total. The Bertz CT molecular complexity index is 601. The second-order valence-corrected chi connectivity index (χ2v) is 5.39. The van der Waals surface area contributed by atoms with Gasteiger partial charge in [0.2, 0.25) is 0 Å². The Morgan fingerprint density at radius 2 is 1.68 bits per heavy atom. The molecule has 2 aromatic rings. The zero-order chi connectivity index (χ0) is 14.0. The number of hydrogen-bond acceptors (Lipinski definition) is 1. The number of anilines is 1. The summed E-state index contributed by atoms with van der Waals surface area (Å²) in [4.78, 5) is 0. The maximum absolute atomic E-state index is 13.1. The van der Waals surface area contributed by atoms with Crippen molar-refractivity contribution >= 4 is 40.5 Å². The normalized spacial score (nSPS) is 12.3. The third kappa shape index (κ3) is 3.53. The largest absolute Gasteiger partial charge is 0.378 e. The molecule has 2 aromatic carbocycles. The van der Waals surface area contributed by atoms with Gasteiger partial charge in [-0.1, -0.05) is 40.9 Å². The van der Waals surface area contributed by atoms with Gasteiger partial charge in [0.15, 0.2) is 0 Å². The van der Waals surface area contributed by atoms with Gasteiger partial charge in [-0.3, -0.25) is 0 Å². The molecule has 0 bridgehead atoms. The highest BCUT2D eigenvalue weighted by Crippen LogP contribution is 2.28. The predicted octanol–water partition coefficient (Wildman–Crippen LogP) is 5.96. The fourth-order valence-corrected chi connectivity index (χ4v) is 2.19. The van der Waals surface area contributed by atoms with E-state index in [4.69, 9.17) is 34.8 Å². The molecule has 19 heavy (non-hydrogen) atoms. The summed E-state index contributed by atoms with van der Waals surface area (Å²) in [6.45, 7) is 1.97. The molecule has 0 amide bonds. The van der Waals surface area contributed by atoms with Crippen molar-refractivity contribution in [1.82, 2.24) is 0 Å². The Hall–Kier alpha value is -0.960. The van der Waals surface area contributed by atoms with E-state index in [1.165, 1.54) is 6.07 Å². The summed E-state index contributed by atoms with van der Waals surface area (Å²) in [6.07, 6.45) is 0. The van der Waals surface area contributed by atoms with Crippen LogP contribution in [0.5, 0.6) is 0 Å². The molecule has 1 atom stereocenters. The Kier molecular flexibility index (Phi) is 4.56. The van der Waals surface area contributed by atoms with E-state index in [0.29, 0.717) is 10.0 Å². The number of hydrogen-bond donors (Lipinski definition) is 1. The van der Waals surface area contributed by atoms with Crippen LogP contribution in [-0.2, 0) is 0 Å². The lowest BCUT2D eigenvalue weighted by molar-refractivity contribution is 0.628. The average molecular weight is 319 g/mol. The molecule has 0 spiro atoms. The van der Waals surface area contributed by atoms with Crippen molar-refractivity contribution in [3.05, 3.63) is 62.8 Å². The monoisotopic (exact) mass is 317 g/mol. The maximum Gasteiger partial charge on any atom is 0.141 e. The molecule has 0 aliphatic heterocycles. The summed E-state index contributed by atoms with van der Waals surface area (Å²) in [5.41, 5.74) is 1.72. The minimum atomic E-state index is -0.436. The molecule has 0 aliphatic carbocycles. The van der Waals surface area contributed by atoms with Gasteiger partial charge in [-0.2, -0.15) is 0 Å². The molecule has 1 unspecified atom stereocenters. The van der Waals surface area contributed by atoms with Gasteiger partial charge in [-0.15, -0.1) is 0 Å². The molecule has 0 radical (unpaired) electrons. The molecule has 0 saturated heterocycles. The summed E-state index contributed by atoms with van der Waals surface area (Å²) in [6, 6.07) is 9.93. The van der Waals surface area contributed by atoms with Crippen LogP contribution in [0.15, 0.2) is 36.4 Å². The van der Waals surface area contributed by atoms with Crippen molar-refractivity contribution < 1.29 is 4.39 Å². The molecule has 2 rings (SSSR count). The standard InChI is InChI=1S/C14H11Cl3FN/c1-8(9-2-4-11(15)12(16)6-9)19-10-3-5-14(18)13(17)7-10/h2-8,19H,1H3. The van der Waals surface area contributed by atoms with Gasteiger partial charge < -0.3 is 5.32 Å². The highest BCUT2D eigenvalue weighted by atomic mass is 35.5. The SMILES string of the molecule is CC(Nc1ccc(F)c(Cl)c1)c1ccc(Cl)c(Cl)c1. The molecule has 5 heteroatoms. The van der Waals surface area contributed by atoms with Crippen LogP contribution in [0.25, 0.3) is 0 Å². The minimum Gasteiger partial charge on any atom is -0.378 e. The first kappa shape index (κ1) is 14.4. The van der Waals surface area contributed by atoms with Crippen LogP contribution in [0.1, 0.15) is 18.5 Å². The lowest BCUT2D eigenvalue weighted by atomic mass is 10.1. The predicted molar refractivity (Wildman–Crippen MR) is 79.9 cm³/mol. The number of halogens is 4. The van der Waals surface area contributed by atoms with Crippen LogP contribution >= 0.6 is 34.8 Å². The van der Waals surface area contributed by atoms with Crippen LogP contribution in [0.2, 0.25) is 15.1 Å². The van der Waals surface area contributed by atoms with Gasteiger partial charge in [-0.05, 0) is 42.8 Å². The van der Waals surface area contributed by atoms with E-state index in [1.807, 2.05) is 13.0 Å². The zero-order valence-electron chi connectivity index (χ0n) is 10.1. The van der Waals surface area contributed by atoms with Gasteiger partial charge in [0.05, 0.1) is 15.1 Å². The first-order valence-electron chi connectivity index (χ1n) is 5.64. The second-order valence-electron chi connectivity index (χ2n) is 4.17. The summed E-state index contributed by atoms with van der Waals surface area (Å²) >= 11 is 17.6. The Morgan fingerprint density at radius 1 is 0.947 bits per heavy atom. The van der Waals surface area contributed by atoms with E-state index >= 15 is 0 Å². The first-order valence-corrected chi connectivity index (χ1v) is 6.77. The lowest BCUT2D eigenvalue weighted by Crippen LogP contribution is -2.06. The molecule has 0 saturated carbocycles. The van der Waals surface area contributed by atoms with Gasteiger partial charge in [0.25, 0.3) is 0 Å². The molecule has 100 valence electrons. The average Bonchev–Trinajstić information content (AvgIpc) is 2.37. The highest BCUT2D eigenvalue weighted by Gasteiger charge is 2.09. The number of benzene rings is 2. The molecular formula is C14H11Cl3FN. The van der Waals surface area contributed by atoms with Gasteiger partial charge in [0, 0.05) is 11.7 Å². The highest BCUT2D eigenvalue weighted by molar-refractivity contribution is 6.42. The van der Waals surface area contributed by atoms with E-state index in [-0.39, 0.29) is 11.1 Å². The third-order valence-corrected chi connectivity index (χ3v) is 3.78. The molecule has 0 aliphatic rings. The quantitative estimate of drug-likeness (QED) is 0.736. The summed E-state index contributed by atoms with van der Waals surface area (Å²) in [5.74, 6) is -0.436. The van der Waals surface area contributed by atoms with Crippen molar-refractivity contribution in [1.29, 1.82) is 0 Å². The van der Waals surface area contributed by atoms with Crippen LogP contribution in [0.3, 0.4) is 0 Å². The van der Waals surface area contributed by atoms with Gasteiger partial charge >= 0.3 is 0 Å². The first-order chi connectivity index (χ1) is 8.97. The van der Waals surface area contributed by atoms with Gasteiger partial charge in [-0.25, -0.2) is 4.39 Å². The Balaban J connectivity index is 2.17. The lowest BCUT2D eigenvalue weighted by Gasteiger charge is -2.16. The zero-order valence-corrected chi connectivity index (χ0v) is 12.3. The molecule has 1 nitrogen and oxygen atoms in total. The van der Waals surface area contributed by atoms with Crippen LogP contribution in [0.4, 0.5) is 10.1 Å². The van der Waals surface area contributed by atoms with Crippen molar-refractivity contribution in [3.63, 3.8) is 0 Å². The van der Waals surface area contributed by atoms with Crippen molar-refractivity contribution in [2.24, 2.45) is 0 Å². The smallest absolute Gasteiger partial charge is 0.141 e. The summed E-state index contributed by atoms with van der Waals surface area (Å²) < 4.78 is 13.1. The van der Waals surface area contributed by atoms with E-state index in [2.05, 4.69) is 5.32 Å². The minimum absolute atomic E-state index is 0.00343. The third-order valence-electron chi connectivity index (χ3n) is 2.75. The van der Waals surface area contributed by atoms with Crippen LogP contribution in [0, 0.1) is 5.82 Å². The number of nitrogens with one attached hydrogen (secondary N) is 1. The molecule has 0 aromatic heterocycles. The van der Waals surface area contributed by atoms with E-state index in [9.17, 15) is 4.39 Å². The number of rotatable bonds is 3. The molecule has 0 fully saturated rings. The van der Waals surface area contributed by atoms with E-state index in [0.717, 1.165) is 11.3 Å². The van der Waals surface area contributed by atoms with Gasteiger partial charge in [0.1, 0.15) is 5.82 Å². The second kappa shape index (κ2) is 6.00. The maximum atomic E-state index is 13.1. The van der Waals surface area contributed by atoms with E-state index < -0.39 is 5.82 Å². The Labute approximate surface area is 126 Å². The molecular weight excluding hydrogens is 308 g/mol. The topological polar surface area (TPSA) is 12.0 Å². The fourth-order valence-electron chi connectivity index (χ4n) is 1.70. The molecule has 0 heterocycles. The van der Waals surface area contributed by atoms with Crippen molar-refractivity contribution in [2.45, 2.75) is 13.0 Å². The summed E-state index contributed by atoms with van der Waals surface area (Å²) in [5, 5.41) is 4.33. The van der Waals surface area contributed by atoms with Crippen molar-refractivity contribution in [3.8, 4) is 0 Å².